The van der Waals surface area contributed by atoms with Gasteiger partial charge in [0.05, 0.1) is 6.10 Å². The molecule has 5 heteroatoms. The van der Waals surface area contributed by atoms with E-state index in [9.17, 15) is 14.7 Å². The standard InChI is InChI=1S/C13H21NO4/c1-13(2,3)18-12(17)14-10-7-9(15)5-4-8(10)6-11(14)16/h8-10,15H,4-7H2,1-3H3. The lowest BCUT2D eigenvalue weighted by molar-refractivity contribution is -0.128. The minimum atomic E-state index is -0.608. The smallest absolute Gasteiger partial charge is 0.417 e. The van der Waals surface area contributed by atoms with Crippen LogP contribution in [-0.2, 0) is 9.53 Å². The van der Waals surface area contributed by atoms with Crippen LogP contribution < -0.4 is 0 Å². The van der Waals surface area contributed by atoms with Crippen LogP contribution in [0.15, 0.2) is 0 Å². The molecule has 2 rings (SSSR count). The molecule has 0 aromatic carbocycles. The highest BCUT2D eigenvalue weighted by atomic mass is 16.6. The van der Waals surface area contributed by atoms with Gasteiger partial charge in [-0.25, -0.2) is 9.69 Å². The van der Waals surface area contributed by atoms with Crippen LogP contribution in [0.5, 0.6) is 0 Å². The minimum absolute atomic E-state index is 0.173. The predicted molar refractivity (Wildman–Crippen MR) is 64.8 cm³/mol. The van der Waals surface area contributed by atoms with E-state index in [-0.39, 0.29) is 17.9 Å². The van der Waals surface area contributed by atoms with Gasteiger partial charge >= 0.3 is 6.09 Å². The Labute approximate surface area is 107 Å². The summed E-state index contributed by atoms with van der Waals surface area (Å²) in [6, 6.07) is -0.184. The first-order valence-corrected chi connectivity index (χ1v) is 6.51. The molecule has 0 radical (unpaired) electrons. The summed E-state index contributed by atoms with van der Waals surface area (Å²) < 4.78 is 5.26. The van der Waals surface area contributed by atoms with E-state index in [1.54, 1.807) is 20.8 Å². The third-order valence-corrected chi connectivity index (χ3v) is 3.56. The molecule has 102 valence electrons. The molecule has 1 N–H and O–H groups in total. The van der Waals surface area contributed by atoms with E-state index in [2.05, 4.69) is 0 Å². The van der Waals surface area contributed by atoms with Crippen molar-refractivity contribution in [3.8, 4) is 0 Å². The van der Waals surface area contributed by atoms with Crippen LogP contribution >= 0.6 is 0 Å². The van der Waals surface area contributed by atoms with E-state index in [0.717, 1.165) is 12.8 Å². The molecule has 3 unspecified atom stereocenters. The number of amides is 2. The molecule has 1 aliphatic heterocycles. The molecule has 0 aromatic heterocycles. The Kier molecular flexibility index (Phi) is 3.36. The molecule has 5 nitrogen and oxygen atoms in total. The summed E-state index contributed by atoms with van der Waals surface area (Å²) in [6.07, 6.45) is 1.41. The van der Waals surface area contributed by atoms with E-state index < -0.39 is 17.8 Å². The average molecular weight is 255 g/mol. The van der Waals surface area contributed by atoms with Crippen molar-refractivity contribution in [3.05, 3.63) is 0 Å². The number of imide groups is 1. The van der Waals surface area contributed by atoms with Crippen molar-refractivity contribution in [2.24, 2.45) is 5.92 Å². The summed E-state index contributed by atoms with van der Waals surface area (Å²) in [5.74, 6) is 0.0155. The second kappa shape index (κ2) is 4.53. The number of fused-ring (bicyclic) bond motifs is 1. The summed E-state index contributed by atoms with van der Waals surface area (Å²) in [5.41, 5.74) is -0.608. The number of likely N-dealkylation sites (tertiary alicyclic amines) is 1. The zero-order valence-electron chi connectivity index (χ0n) is 11.2. The Bertz CT molecular complexity index is 360. The molecular weight excluding hydrogens is 234 g/mol. The summed E-state index contributed by atoms with van der Waals surface area (Å²) in [7, 11) is 0. The SMILES string of the molecule is CC(C)(C)OC(=O)N1C(=O)CC2CCC(O)CC21. The molecule has 0 aromatic rings. The number of hydrogen-bond acceptors (Lipinski definition) is 4. The second-order valence-corrected chi connectivity index (χ2v) is 6.24. The maximum Gasteiger partial charge on any atom is 0.417 e. The fourth-order valence-corrected chi connectivity index (χ4v) is 2.80. The Morgan fingerprint density at radius 2 is 2.06 bits per heavy atom. The molecule has 3 atom stereocenters. The Hall–Kier alpha value is -1.10. The highest BCUT2D eigenvalue weighted by Gasteiger charge is 2.47. The van der Waals surface area contributed by atoms with Gasteiger partial charge in [-0.3, -0.25) is 4.79 Å². The van der Waals surface area contributed by atoms with Crippen LogP contribution in [0.1, 0.15) is 46.5 Å². The van der Waals surface area contributed by atoms with Gasteiger partial charge in [0.1, 0.15) is 5.60 Å². The van der Waals surface area contributed by atoms with Crippen molar-refractivity contribution in [2.45, 2.75) is 64.2 Å². The van der Waals surface area contributed by atoms with Crippen molar-refractivity contribution >= 4 is 12.0 Å². The van der Waals surface area contributed by atoms with Crippen LogP contribution in [0.3, 0.4) is 0 Å². The maximum atomic E-state index is 12.0. The van der Waals surface area contributed by atoms with Gasteiger partial charge in [-0.05, 0) is 46.0 Å². The Morgan fingerprint density at radius 1 is 1.39 bits per heavy atom. The normalized spacial score (nSPS) is 32.3. The Balaban J connectivity index is 2.11. The molecule has 2 aliphatic rings. The van der Waals surface area contributed by atoms with Crippen LogP contribution in [-0.4, -0.2) is 39.8 Å². The van der Waals surface area contributed by atoms with Crippen LogP contribution in [0.2, 0.25) is 0 Å². The number of hydrogen-bond donors (Lipinski definition) is 1. The number of aliphatic hydroxyl groups is 1. The topological polar surface area (TPSA) is 66.8 Å². The van der Waals surface area contributed by atoms with Gasteiger partial charge in [-0.15, -0.1) is 0 Å². The molecule has 1 heterocycles. The fraction of sp³-hybridized carbons (Fsp3) is 0.846. The van der Waals surface area contributed by atoms with Gasteiger partial charge in [0, 0.05) is 12.5 Å². The largest absolute Gasteiger partial charge is 0.443 e. The number of nitrogens with zero attached hydrogens (tertiary/aromatic N) is 1. The maximum absolute atomic E-state index is 12.0. The van der Waals surface area contributed by atoms with E-state index >= 15 is 0 Å². The van der Waals surface area contributed by atoms with E-state index in [1.165, 1.54) is 4.90 Å². The monoisotopic (exact) mass is 255 g/mol. The van der Waals surface area contributed by atoms with Crippen molar-refractivity contribution in [3.63, 3.8) is 0 Å². The third-order valence-electron chi connectivity index (χ3n) is 3.56. The fourth-order valence-electron chi connectivity index (χ4n) is 2.80. The van der Waals surface area contributed by atoms with Gasteiger partial charge in [0.25, 0.3) is 0 Å². The number of carbonyl (C=O) groups is 2. The first-order chi connectivity index (χ1) is 8.28. The molecular formula is C13H21NO4. The van der Waals surface area contributed by atoms with Crippen LogP contribution in [0.4, 0.5) is 4.79 Å². The first-order valence-electron chi connectivity index (χ1n) is 6.51. The zero-order chi connectivity index (χ0) is 13.5. The number of aliphatic hydroxyl groups excluding tert-OH is 1. The van der Waals surface area contributed by atoms with Gasteiger partial charge < -0.3 is 9.84 Å². The lowest BCUT2D eigenvalue weighted by atomic mass is 9.83. The number of rotatable bonds is 0. The molecule has 1 aliphatic carbocycles. The summed E-state index contributed by atoms with van der Waals surface area (Å²) in [5, 5.41) is 9.68. The summed E-state index contributed by atoms with van der Waals surface area (Å²) in [4.78, 5) is 25.2. The zero-order valence-corrected chi connectivity index (χ0v) is 11.2. The molecule has 1 saturated carbocycles. The van der Waals surface area contributed by atoms with Crippen molar-refractivity contribution in [1.29, 1.82) is 0 Å². The summed E-state index contributed by atoms with van der Waals surface area (Å²) >= 11 is 0. The molecule has 0 spiro atoms. The predicted octanol–water partition coefficient (Wildman–Crippen LogP) is 1.68. The number of carbonyl (C=O) groups excluding carboxylic acids is 2. The highest BCUT2D eigenvalue weighted by molar-refractivity contribution is 5.94. The minimum Gasteiger partial charge on any atom is -0.443 e. The van der Waals surface area contributed by atoms with Gasteiger partial charge in [0.2, 0.25) is 5.91 Å². The molecule has 0 bridgehead atoms. The van der Waals surface area contributed by atoms with Crippen molar-refractivity contribution in [1.82, 2.24) is 4.90 Å². The van der Waals surface area contributed by atoms with Gasteiger partial charge in [-0.2, -0.15) is 0 Å². The quantitative estimate of drug-likeness (QED) is 0.715. The second-order valence-electron chi connectivity index (χ2n) is 6.24. The first kappa shape index (κ1) is 13.3. The van der Waals surface area contributed by atoms with Gasteiger partial charge in [-0.1, -0.05) is 0 Å². The lowest BCUT2D eigenvalue weighted by Crippen LogP contribution is -2.46. The highest BCUT2D eigenvalue weighted by Crippen LogP contribution is 2.37. The Morgan fingerprint density at radius 3 is 2.67 bits per heavy atom. The molecule has 2 fully saturated rings. The van der Waals surface area contributed by atoms with E-state index in [1.807, 2.05) is 0 Å². The van der Waals surface area contributed by atoms with E-state index in [0.29, 0.717) is 12.8 Å². The van der Waals surface area contributed by atoms with Crippen LogP contribution in [0.25, 0.3) is 0 Å². The average Bonchev–Trinajstić information content (AvgIpc) is 2.50. The molecule has 18 heavy (non-hydrogen) atoms. The number of ether oxygens (including phenoxy) is 1. The van der Waals surface area contributed by atoms with E-state index in [4.69, 9.17) is 4.74 Å². The lowest BCUT2D eigenvalue weighted by Gasteiger charge is -2.33. The van der Waals surface area contributed by atoms with Crippen molar-refractivity contribution in [2.75, 3.05) is 0 Å². The van der Waals surface area contributed by atoms with Crippen molar-refractivity contribution < 1.29 is 19.4 Å². The van der Waals surface area contributed by atoms with Gasteiger partial charge in [0.15, 0.2) is 0 Å². The molecule has 2 amide bonds. The molecule has 1 saturated heterocycles. The summed E-state index contributed by atoms with van der Waals surface area (Å²) in [6.45, 7) is 5.33. The van der Waals surface area contributed by atoms with Crippen LogP contribution in [0, 0.1) is 5.92 Å². The third kappa shape index (κ3) is 2.66.